The van der Waals surface area contributed by atoms with E-state index in [4.69, 9.17) is 0 Å². The van der Waals surface area contributed by atoms with Crippen LogP contribution in [0.2, 0.25) is 0 Å². The Kier molecular flexibility index (Phi) is 3.79. The number of benzene rings is 1. The highest BCUT2D eigenvalue weighted by Crippen LogP contribution is 2.30. The van der Waals surface area contributed by atoms with Gasteiger partial charge in [-0.2, -0.15) is 13.2 Å². The van der Waals surface area contributed by atoms with Gasteiger partial charge in [-0.25, -0.2) is 0 Å². The first-order valence-corrected chi connectivity index (χ1v) is 5.17. The van der Waals surface area contributed by atoms with E-state index in [9.17, 15) is 18.0 Å². The first kappa shape index (κ1) is 12.1. The van der Waals surface area contributed by atoms with E-state index >= 15 is 0 Å². The Hall–Kier alpha value is -0.970. The summed E-state index contributed by atoms with van der Waals surface area (Å²) in [4.78, 5) is 11.3. The molecule has 0 radical (unpaired) electrons. The van der Waals surface area contributed by atoms with E-state index in [-0.39, 0.29) is 11.5 Å². The van der Waals surface area contributed by atoms with E-state index in [0.29, 0.717) is 4.90 Å². The van der Waals surface area contributed by atoms with Crippen molar-refractivity contribution in [1.82, 2.24) is 0 Å². The highest BCUT2D eigenvalue weighted by Gasteiger charge is 2.29. The van der Waals surface area contributed by atoms with Gasteiger partial charge in [0, 0.05) is 4.90 Å². The van der Waals surface area contributed by atoms with Gasteiger partial charge in [-0.3, -0.25) is 4.79 Å². The van der Waals surface area contributed by atoms with E-state index in [1.165, 1.54) is 30.8 Å². The summed E-state index contributed by atoms with van der Waals surface area (Å²) in [6, 6.07) is 4.78. The zero-order valence-corrected chi connectivity index (χ0v) is 8.78. The summed E-state index contributed by atoms with van der Waals surface area (Å²) in [6.45, 7) is 1.44. The molecule has 0 saturated carbocycles. The maximum atomic E-state index is 12.2. The third kappa shape index (κ3) is 3.95. The molecular formula is C10H9F3OS. The van der Waals surface area contributed by atoms with Crippen molar-refractivity contribution in [2.75, 3.05) is 5.75 Å². The first-order chi connectivity index (χ1) is 6.89. The Morgan fingerprint density at radius 3 is 2.20 bits per heavy atom. The monoisotopic (exact) mass is 234 g/mol. The SMILES string of the molecule is CC(=O)CSc1ccc(C(F)(F)F)cc1. The van der Waals surface area contributed by atoms with Gasteiger partial charge in [-0.1, -0.05) is 0 Å². The molecule has 0 aliphatic rings. The second-order valence-corrected chi connectivity index (χ2v) is 4.06. The van der Waals surface area contributed by atoms with E-state index in [2.05, 4.69) is 0 Å². The zero-order valence-electron chi connectivity index (χ0n) is 7.97. The number of carbonyl (C=O) groups excluding carboxylic acids is 1. The van der Waals surface area contributed by atoms with Crippen molar-refractivity contribution < 1.29 is 18.0 Å². The maximum absolute atomic E-state index is 12.2. The second kappa shape index (κ2) is 4.70. The van der Waals surface area contributed by atoms with E-state index in [1.54, 1.807) is 0 Å². The van der Waals surface area contributed by atoms with Crippen molar-refractivity contribution in [2.24, 2.45) is 0 Å². The van der Waals surface area contributed by atoms with Crippen LogP contribution >= 0.6 is 11.8 Å². The quantitative estimate of drug-likeness (QED) is 0.746. The molecule has 82 valence electrons. The van der Waals surface area contributed by atoms with Gasteiger partial charge in [0.1, 0.15) is 5.78 Å². The first-order valence-electron chi connectivity index (χ1n) is 4.19. The lowest BCUT2D eigenvalue weighted by Gasteiger charge is -2.06. The molecule has 0 saturated heterocycles. The summed E-state index contributed by atoms with van der Waals surface area (Å²) >= 11 is 1.23. The Morgan fingerprint density at radius 1 is 1.27 bits per heavy atom. The number of hydrogen-bond acceptors (Lipinski definition) is 2. The van der Waals surface area contributed by atoms with Crippen LogP contribution in [0.15, 0.2) is 29.2 Å². The molecule has 0 bridgehead atoms. The van der Waals surface area contributed by atoms with E-state index < -0.39 is 11.7 Å². The van der Waals surface area contributed by atoms with Gasteiger partial charge < -0.3 is 0 Å². The predicted octanol–water partition coefficient (Wildman–Crippen LogP) is 3.39. The van der Waals surface area contributed by atoms with Gasteiger partial charge in [0.2, 0.25) is 0 Å². The lowest BCUT2D eigenvalue weighted by molar-refractivity contribution is -0.137. The van der Waals surface area contributed by atoms with Gasteiger partial charge in [-0.05, 0) is 31.2 Å². The second-order valence-electron chi connectivity index (χ2n) is 3.01. The molecule has 0 atom stereocenters. The van der Waals surface area contributed by atoms with Crippen molar-refractivity contribution in [3.63, 3.8) is 0 Å². The maximum Gasteiger partial charge on any atom is 0.416 e. The molecule has 0 aliphatic carbocycles. The number of carbonyl (C=O) groups is 1. The summed E-state index contributed by atoms with van der Waals surface area (Å²) in [5.41, 5.74) is -0.672. The molecule has 0 fully saturated rings. The molecular weight excluding hydrogens is 225 g/mol. The summed E-state index contributed by atoms with van der Waals surface area (Å²) in [5.74, 6) is 0.283. The fraction of sp³-hybridized carbons (Fsp3) is 0.300. The summed E-state index contributed by atoms with van der Waals surface area (Å²) in [5, 5.41) is 0. The number of thioether (sulfide) groups is 1. The highest BCUT2D eigenvalue weighted by atomic mass is 32.2. The van der Waals surface area contributed by atoms with Crippen LogP contribution in [0.1, 0.15) is 12.5 Å². The lowest BCUT2D eigenvalue weighted by Crippen LogP contribution is -2.04. The molecule has 0 heterocycles. The summed E-state index contributed by atoms with van der Waals surface area (Å²) < 4.78 is 36.5. The number of hydrogen-bond donors (Lipinski definition) is 0. The van der Waals surface area contributed by atoms with Crippen LogP contribution in [-0.2, 0) is 11.0 Å². The third-order valence-corrected chi connectivity index (χ3v) is 2.78. The zero-order chi connectivity index (χ0) is 11.5. The number of halogens is 3. The van der Waals surface area contributed by atoms with Crippen LogP contribution in [-0.4, -0.2) is 11.5 Å². The predicted molar refractivity (Wildman–Crippen MR) is 52.8 cm³/mol. The largest absolute Gasteiger partial charge is 0.416 e. The minimum atomic E-state index is -4.30. The number of ketones is 1. The van der Waals surface area contributed by atoms with Gasteiger partial charge in [0.25, 0.3) is 0 Å². The normalized spacial score (nSPS) is 11.5. The molecule has 1 aromatic carbocycles. The van der Waals surface area contributed by atoms with Crippen LogP contribution in [0.4, 0.5) is 13.2 Å². The van der Waals surface area contributed by atoms with E-state index in [1.807, 2.05) is 0 Å². The molecule has 1 rings (SSSR count). The molecule has 0 N–H and O–H groups in total. The molecule has 0 spiro atoms. The Balaban J connectivity index is 2.69. The fourth-order valence-corrected chi connectivity index (χ4v) is 1.62. The van der Waals surface area contributed by atoms with Gasteiger partial charge >= 0.3 is 6.18 Å². The van der Waals surface area contributed by atoms with Crippen molar-refractivity contribution in [3.05, 3.63) is 29.8 Å². The number of alkyl halides is 3. The van der Waals surface area contributed by atoms with Crippen LogP contribution in [0.25, 0.3) is 0 Å². The standard InChI is InChI=1S/C10H9F3OS/c1-7(14)6-15-9-4-2-8(3-5-9)10(11,12)13/h2-5H,6H2,1H3. The van der Waals surface area contributed by atoms with Crippen LogP contribution in [0.5, 0.6) is 0 Å². The van der Waals surface area contributed by atoms with Crippen molar-refractivity contribution in [1.29, 1.82) is 0 Å². The van der Waals surface area contributed by atoms with Gasteiger partial charge in [0.05, 0.1) is 11.3 Å². The van der Waals surface area contributed by atoms with Crippen molar-refractivity contribution in [2.45, 2.75) is 18.0 Å². The minimum Gasteiger partial charge on any atom is -0.299 e. The molecule has 15 heavy (non-hydrogen) atoms. The average Bonchev–Trinajstić information content (AvgIpc) is 2.14. The van der Waals surface area contributed by atoms with Gasteiger partial charge in [0.15, 0.2) is 0 Å². The number of Topliss-reactive ketones (excluding diaryl/α,β-unsaturated/α-hetero) is 1. The Morgan fingerprint density at radius 2 is 1.80 bits per heavy atom. The van der Waals surface area contributed by atoms with Crippen molar-refractivity contribution >= 4 is 17.5 Å². The number of rotatable bonds is 3. The average molecular weight is 234 g/mol. The summed E-state index contributed by atoms with van der Waals surface area (Å²) in [6.07, 6.45) is -4.30. The highest BCUT2D eigenvalue weighted by molar-refractivity contribution is 8.00. The van der Waals surface area contributed by atoms with Crippen LogP contribution < -0.4 is 0 Å². The van der Waals surface area contributed by atoms with Crippen molar-refractivity contribution in [3.8, 4) is 0 Å². The topological polar surface area (TPSA) is 17.1 Å². The van der Waals surface area contributed by atoms with Crippen LogP contribution in [0, 0.1) is 0 Å². The minimum absolute atomic E-state index is 0.0000945. The summed E-state index contributed by atoms with van der Waals surface area (Å²) in [7, 11) is 0. The molecule has 0 unspecified atom stereocenters. The lowest BCUT2D eigenvalue weighted by atomic mass is 10.2. The fourth-order valence-electron chi connectivity index (χ4n) is 0.925. The molecule has 5 heteroatoms. The van der Waals surface area contributed by atoms with Gasteiger partial charge in [-0.15, -0.1) is 11.8 Å². The molecule has 1 nitrogen and oxygen atoms in total. The third-order valence-electron chi connectivity index (χ3n) is 1.62. The Bertz CT molecular complexity index is 343. The smallest absolute Gasteiger partial charge is 0.299 e. The Labute approximate surface area is 89.7 Å². The molecule has 0 amide bonds. The van der Waals surface area contributed by atoms with Crippen LogP contribution in [0.3, 0.4) is 0 Å². The van der Waals surface area contributed by atoms with E-state index in [0.717, 1.165) is 12.1 Å². The molecule has 0 aromatic heterocycles. The molecule has 0 aliphatic heterocycles. The molecule has 1 aromatic rings.